The lowest BCUT2D eigenvalue weighted by molar-refractivity contribution is 0.0893. The van der Waals surface area contributed by atoms with Crippen molar-refractivity contribution in [3.05, 3.63) is 29.8 Å². The van der Waals surface area contributed by atoms with Crippen LogP contribution in [0, 0.1) is 0 Å². The lowest BCUT2D eigenvalue weighted by Gasteiger charge is -2.36. The molecule has 1 N–H and O–H groups in total. The van der Waals surface area contributed by atoms with E-state index in [1.165, 1.54) is 24.1 Å². The fourth-order valence-corrected chi connectivity index (χ4v) is 3.14. The highest BCUT2D eigenvalue weighted by Gasteiger charge is 2.23. The van der Waals surface area contributed by atoms with Gasteiger partial charge in [0, 0.05) is 31.9 Å². The molecule has 2 rings (SSSR count). The number of piperidine rings is 1. The Bertz CT molecular complexity index is 408. The van der Waals surface area contributed by atoms with E-state index < -0.39 is 0 Å². The number of nitrogens with zero attached hydrogens (tertiary/aromatic N) is 1. The van der Waals surface area contributed by atoms with Crippen LogP contribution < -0.4 is 10.2 Å². The van der Waals surface area contributed by atoms with Gasteiger partial charge in [-0.25, -0.2) is 0 Å². The van der Waals surface area contributed by atoms with Crippen LogP contribution in [0.2, 0.25) is 0 Å². The lowest BCUT2D eigenvalue weighted by atomic mass is 9.99. The molecule has 112 valence electrons. The minimum atomic E-state index is 0.371. The second-order valence-corrected chi connectivity index (χ2v) is 5.52. The van der Waals surface area contributed by atoms with Gasteiger partial charge in [-0.1, -0.05) is 32.0 Å². The van der Waals surface area contributed by atoms with Crippen molar-refractivity contribution in [2.24, 2.45) is 0 Å². The third kappa shape index (κ3) is 3.53. The smallest absolute Gasteiger partial charge is 0.0746 e. The Balaban J connectivity index is 2.22. The summed E-state index contributed by atoms with van der Waals surface area (Å²) in [5.41, 5.74) is 2.80. The van der Waals surface area contributed by atoms with Gasteiger partial charge in [-0.05, 0) is 37.4 Å². The Hall–Kier alpha value is -1.06. The minimum absolute atomic E-state index is 0.371. The summed E-state index contributed by atoms with van der Waals surface area (Å²) >= 11 is 0. The second kappa shape index (κ2) is 7.65. The molecule has 2 atom stereocenters. The molecule has 1 aliphatic rings. The van der Waals surface area contributed by atoms with Crippen LogP contribution in [0.5, 0.6) is 0 Å². The fourth-order valence-electron chi connectivity index (χ4n) is 3.14. The van der Waals surface area contributed by atoms with E-state index in [9.17, 15) is 0 Å². The summed E-state index contributed by atoms with van der Waals surface area (Å²) in [7, 11) is 1.83. The molecule has 1 saturated heterocycles. The highest BCUT2D eigenvalue weighted by molar-refractivity contribution is 5.55. The Morgan fingerprint density at radius 3 is 2.85 bits per heavy atom. The van der Waals surface area contributed by atoms with Crippen molar-refractivity contribution in [3.8, 4) is 0 Å². The predicted octanol–water partition coefficient (Wildman–Crippen LogP) is 3.36. The first kappa shape index (κ1) is 15.3. The molecule has 0 aromatic heterocycles. The molecular formula is C17H28N2O. The summed E-state index contributed by atoms with van der Waals surface area (Å²) in [4.78, 5) is 2.49. The van der Waals surface area contributed by atoms with Crippen molar-refractivity contribution in [1.29, 1.82) is 0 Å². The molecule has 2 unspecified atom stereocenters. The first-order valence-corrected chi connectivity index (χ1v) is 7.90. The van der Waals surface area contributed by atoms with E-state index in [2.05, 4.69) is 48.3 Å². The van der Waals surface area contributed by atoms with Crippen LogP contribution in [-0.4, -0.2) is 32.8 Å². The highest BCUT2D eigenvalue weighted by Crippen LogP contribution is 2.30. The maximum Gasteiger partial charge on any atom is 0.0746 e. The monoisotopic (exact) mass is 276 g/mol. The Kier molecular flexibility index (Phi) is 5.86. The average molecular weight is 276 g/mol. The van der Waals surface area contributed by atoms with Crippen molar-refractivity contribution in [2.45, 2.75) is 45.3 Å². The zero-order chi connectivity index (χ0) is 14.4. The predicted molar refractivity (Wildman–Crippen MR) is 85.4 cm³/mol. The molecule has 1 fully saturated rings. The normalized spacial score (nSPS) is 20.9. The van der Waals surface area contributed by atoms with Gasteiger partial charge in [0.15, 0.2) is 0 Å². The van der Waals surface area contributed by atoms with Crippen LogP contribution in [0.1, 0.15) is 44.7 Å². The number of anilines is 1. The fraction of sp³-hybridized carbons (Fsp3) is 0.647. The summed E-state index contributed by atoms with van der Waals surface area (Å²) in [5.74, 6) is 0. The first-order chi connectivity index (χ1) is 9.80. The maximum atomic E-state index is 5.56. The van der Waals surface area contributed by atoms with E-state index in [0.29, 0.717) is 12.1 Å². The van der Waals surface area contributed by atoms with Gasteiger partial charge < -0.3 is 15.0 Å². The minimum Gasteiger partial charge on any atom is -0.380 e. The molecule has 0 bridgehead atoms. The number of hydrogen-bond donors (Lipinski definition) is 1. The van der Waals surface area contributed by atoms with Crippen molar-refractivity contribution in [2.75, 3.05) is 31.6 Å². The first-order valence-electron chi connectivity index (χ1n) is 7.90. The van der Waals surface area contributed by atoms with Gasteiger partial charge in [-0.15, -0.1) is 0 Å². The molecule has 1 aromatic rings. The van der Waals surface area contributed by atoms with E-state index in [0.717, 1.165) is 26.1 Å². The van der Waals surface area contributed by atoms with Crippen LogP contribution >= 0.6 is 0 Å². The van der Waals surface area contributed by atoms with Crippen LogP contribution in [0.3, 0.4) is 0 Å². The van der Waals surface area contributed by atoms with E-state index in [4.69, 9.17) is 4.74 Å². The molecule has 0 amide bonds. The molecule has 0 saturated carbocycles. The summed E-state index contributed by atoms with van der Waals surface area (Å²) in [6.07, 6.45) is 3.88. The maximum absolute atomic E-state index is 5.56. The van der Waals surface area contributed by atoms with E-state index >= 15 is 0 Å². The van der Waals surface area contributed by atoms with Gasteiger partial charge in [-0.2, -0.15) is 0 Å². The number of nitrogens with one attached hydrogen (secondary N) is 1. The SMILES string of the molecule is CCNC(CC)c1ccccc1N1CCCC(OC)C1. The zero-order valence-electron chi connectivity index (χ0n) is 13.1. The van der Waals surface area contributed by atoms with Crippen molar-refractivity contribution in [1.82, 2.24) is 5.32 Å². The molecule has 3 heteroatoms. The molecule has 0 aliphatic carbocycles. The standard InChI is InChI=1S/C17H28N2O/c1-4-16(18-5-2)15-10-6-7-11-17(15)19-12-8-9-14(13-19)20-3/h6-7,10-11,14,16,18H,4-5,8-9,12-13H2,1-3H3. The van der Waals surface area contributed by atoms with Gasteiger partial charge in [0.25, 0.3) is 0 Å². The molecule has 3 nitrogen and oxygen atoms in total. The van der Waals surface area contributed by atoms with Gasteiger partial charge in [0.1, 0.15) is 0 Å². The van der Waals surface area contributed by atoms with Gasteiger partial charge in [0.2, 0.25) is 0 Å². The number of para-hydroxylation sites is 1. The van der Waals surface area contributed by atoms with E-state index in [1.807, 2.05) is 7.11 Å². The van der Waals surface area contributed by atoms with Crippen LogP contribution in [0.4, 0.5) is 5.69 Å². The molecule has 1 heterocycles. The van der Waals surface area contributed by atoms with Gasteiger partial charge in [0.05, 0.1) is 6.10 Å². The summed E-state index contributed by atoms with van der Waals surface area (Å²) in [6.45, 7) is 7.58. The number of hydrogen-bond acceptors (Lipinski definition) is 3. The topological polar surface area (TPSA) is 24.5 Å². The molecule has 20 heavy (non-hydrogen) atoms. The quantitative estimate of drug-likeness (QED) is 0.862. The van der Waals surface area contributed by atoms with E-state index in [-0.39, 0.29) is 0 Å². The number of ether oxygens (including phenoxy) is 1. The number of rotatable bonds is 6. The lowest BCUT2D eigenvalue weighted by Crippen LogP contribution is -2.40. The molecule has 1 aliphatic heterocycles. The van der Waals surface area contributed by atoms with Crippen LogP contribution in [0.25, 0.3) is 0 Å². The van der Waals surface area contributed by atoms with Gasteiger partial charge in [-0.3, -0.25) is 0 Å². The van der Waals surface area contributed by atoms with Crippen molar-refractivity contribution >= 4 is 5.69 Å². The Morgan fingerprint density at radius 1 is 1.35 bits per heavy atom. The van der Waals surface area contributed by atoms with Crippen LogP contribution in [-0.2, 0) is 4.74 Å². The van der Waals surface area contributed by atoms with Crippen molar-refractivity contribution in [3.63, 3.8) is 0 Å². The largest absolute Gasteiger partial charge is 0.380 e. The van der Waals surface area contributed by atoms with E-state index in [1.54, 1.807) is 0 Å². The number of benzene rings is 1. The zero-order valence-corrected chi connectivity index (χ0v) is 13.1. The Morgan fingerprint density at radius 2 is 2.15 bits per heavy atom. The van der Waals surface area contributed by atoms with Crippen molar-refractivity contribution < 1.29 is 4.74 Å². The molecular weight excluding hydrogens is 248 g/mol. The Labute approximate surface area is 123 Å². The second-order valence-electron chi connectivity index (χ2n) is 5.52. The number of methoxy groups -OCH3 is 1. The molecule has 1 aromatic carbocycles. The molecule has 0 spiro atoms. The average Bonchev–Trinajstić information content (AvgIpc) is 2.52. The molecule has 0 radical (unpaired) electrons. The van der Waals surface area contributed by atoms with Gasteiger partial charge >= 0.3 is 0 Å². The third-order valence-electron chi connectivity index (χ3n) is 4.22. The van der Waals surface area contributed by atoms with Crippen LogP contribution in [0.15, 0.2) is 24.3 Å². The summed E-state index contributed by atoms with van der Waals surface area (Å²) < 4.78 is 5.56. The summed E-state index contributed by atoms with van der Waals surface area (Å²) in [6, 6.07) is 9.26. The highest BCUT2D eigenvalue weighted by atomic mass is 16.5. The summed E-state index contributed by atoms with van der Waals surface area (Å²) in [5, 5.41) is 3.60. The third-order valence-corrected chi connectivity index (χ3v) is 4.22.